The second-order valence-corrected chi connectivity index (χ2v) is 4.22. The highest BCUT2D eigenvalue weighted by atomic mass is 15.1. The summed E-state index contributed by atoms with van der Waals surface area (Å²) in [6.07, 6.45) is 4.85. The predicted molar refractivity (Wildman–Crippen MR) is 54.2 cm³/mol. The van der Waals surface area contributed by atoms with Crippen LogP contribution in [-0.4, -0.2) is 24.5 Å². The van der Waals surface area contributed by atoms with Gasteiger partial charge in [-0.1, -0.05) is 19.9 Å². The van der Waals surface area contributed by atoms with E-state index in [0.29, 0.717) is 5.92 Å². The van der Waals surface area contributed by atoms with Gasteiger partial charge in [-0.15, -0.1) is 6.58 Å². The van der Waals surface area contributed by atoms with Gasteiger partial charge in [0.15, 0.2) is 0 Å². The molecule has 1 nitrogen and oxygen atoms in total. The van der Waals surface area contributed by atoms with Crippen molar-refractivity contribution >= 4 is 0 Å². The van der Waals surface area contributed by atoms with E-state index in [2.05, 4.69) is 31.4 Å². The highest BCUT2D eigenvalue weighted by molar-refractivity contribution is 4.80. The molecule has 0 aromatic rings. The lowest BCUT2D eigenvalue weighted by atomic mass is 9.99. The normalized spacial score (nSPS) is 28.3. The molecule has 12 heavy (non-hydrogen) atoms. The summed E-state index contributed by atoms with van der Waals surface area (Å²) in [5.74, 6) is 1.55. The number of nitrogens with zero attached hydrogens (tertiary/aromatic N) is 1. The zero-order valence-corrected chi connectivity index (χ0v) is 8.42. The van der Waals surface area contributed by atoms with E-state index in [0.717, 1.165) is 5.92 Å². The van der Waals surface area contributed by atoms with E-state index in [1.54, 1.807) is 0 Å². The van der Waals surface area contributed by atoms with Gasteiger partial charge in [-0.3, -0.25) is 0 Å². The fourth-order valence-corrected chi connectivity index (χ4v) is 1.93. The Morgan fingerprint density at radius 3 is 3.00 bits per heavy atom. The molecule has 0 N–H and O–H groups in total. The lowest BCUT2D eigenvalue weighted by molar-refractivity contribution is 0.172. The lowest BCUT2D eigenvalue weighted by Crippen LogP contribution is -2.36. The molecule has 0 radical (unpaired) electrons. The Kier molecular flexibility index (Phi) is 3.80. The molecule has 0 aliphatic carbocycles. The van der Waals surface area contributed by atoms with Gasteiger partial charge in [-0.25, -0.2) is 0 Å². The van der Waals surface area contributed by atoms with E-state index in [1.807, 2.05) is 0 Å². The molecule has 0 aromatic carbocycles. The van der Waals surface area contributed by atoms with Gasteiger partial charge in [0.2, 0.25) is 0 Å². The van der Waals surface area contributed by atoms with Crippen LogP contribution in [0.4, 0.5) is 0 Å². The molecule has 1 saturated heterocycles. The third kappa shape index (κ3) is 2.98. The second kappa shape index (κ2) is 4.66. The molecule has 0 aromatic heterocycles. The Morgan fingerprint density at radius 1 is 1.67 bits per heavy atom. The molecule has 2 atom stereocenters. The van der Waals surface area contributed by atoms with Crippen LogP contribution in [0.25, 0.3) is 0 Å². The Bertz CT molecular complexity index is 142. The number of hydrogen-bond donors (Lipinski definition) is 0. The maximum Gasteiger partial charge on any atom is 0.00417 e. The molecule has 0 saturated carbocycles. The van der Waals surface area contributed by atoms with E-state index < -0.39 is 0 Å². The third-order valence-corrected chi connectivity index (χ3v) is 2.69. The summed E-state index contributed by atoms with van der Waals surface area (Å²) < 4.78 is 0. The highest BCUT2D eigenvalue weighted by Gasteiger charge is 2.16. The molecule has 1 aliphatic heterocycles. The van der Waals surface area contributed by atoms with Crippen LogP contribution < -0.4 is 0 Å². The van der Waals surface area contributed by atoms with Crippen molar-refractivity contribution in [1.82, 2.24) is 4.90 Å². The Balaban J connectivity index is 2.26. The van der Waals surface area contributed by atoms with Crippen LogP contribution in [0, 0.1) is 11.8 Å². The fraction of sp³-hybridized carbons (Fsp3) is 0.818. The first-order valence-electron chi connectivity index (χ1n) is 5.07. The highest BCUT2D eigenvalue weighted by Crippen LogP contribution is 2.16. The van der Waals surface area contributed by atoms with Gasteiger partial charge in [0.25, 0.3) is 0 Å². The van der Waals surface area contributed by atoms with E-state index in [1.165, 1.54) is 32.5 Å². The van der Waals surface area contributed by atoms with Crippen molar-refractivity contribution < 1.29 is 0 Å². The van der Waals surface area contributed by atoms with Crippen LogP contribution in [0.15, 0.2) is 12.7 Å². The first-order valence-corrected chi connectivity index (χ1v) is 5.07. The van der Waals surface area contributed by atoms with Crippen molar-refractivity contribution in [2.24, 2.45) is 11.8 Å². The fourth-order valence-electron chi connectivity index (χ4n) is 1.93. The lowest BCUT2D eigenvalue weighted by Gasteiger charge is -2.32. The predicted octanol–water partition coefficient (Wildman–Crippen LogP) is 2.54. The summed E-state index contributed by atoms with van der Waals surface area (Å²) >= 11 is 0. The smallest absolute Gasteiger partial charge is 0.00417 e. The van der Waals surface area contributed by atoms with Crippen molar-refractivity contribution in [3.8, 4) is 0 Å². The minimum absolute atomic E-state index is 0.648. The standard InChI is InChI=1S/C11H21N/c1-4-10(2)8-12-7-5-6-11(3)9-12/h4,10-11H,1,5-9H2,2-3H3. The van der Waals surface area contributed by atoms with Crippen LogP contribution in [0.5, 0.6) is 0 Å². The van der Waals surface area contributed by atoms with E-state index >= 15 is 0 Å². The zero-order valence-electron chi connectivity index (χ0n) is 8.42. The Hall–Kier alpha value is -0.300. The molecule has 1 heteroatoms. The summed E-state index contributed by atoms with van der Waals surface area (Å²) in [7, 11) is 0. The van der Waals surface area contributed by atoms with Crippen molar-refractivity contribution in [2.75, 3.05) is 19.6 Å². The van der Waals surface area contributed by atoms with Gasteiger partial charge in [0.05, 0.1) is 0 Å². The molecule has 1 heterocycles. The van der Waals surface area contributed by atoms with Gasteiger partial charge in [-0.05, 0) is 31.2 Å². The molecule has 0 spiro atoms. The monoisotopic (exact) mass is 167 g/mol. The van der Waals surface area contributed by atoms with Crippen molar-refractivity contribution in [3.63, 3.8) is 0 Å². The average molecular weight is 167 g/mol. The molecular weight excluding hydrogens is 146 g/mol. The maximum atomic E-state index is 3.82. The number of hydrogen-bond acceptors (Lipinski definition) is 1. The van der Waals surface area contributed by atoms with Gasteiger partial charge in [0.1, 0.15) is 0 Å². The van der Waals surface area contributed by atoms with E-state index in [-0.39, 0.29) is 0 Å². The molecule has 1 fully saturated rings. The van der Waals surface area contributed by atoms with E-state index in [9.17, 15) is 0 Å². The van der Waals surface area contributed by atoms with E-state index in [4.69, 9.17) is 0 Å². The van der Waals surface area contributed by atoms with Crippen LogP contribution in [-0.2, 0) is 0 Å². The molecule has 2 unspecified atom stereocenters. The summed E-state index contributed by atoms with van der Waals surface area (Å²) in [5.41, 5.74) is 0. The second-order valence-electron chi connectivity index (χ2n) is 4.22. The summed E-state index contributed by atoms with van der Waals surface area (Å²) in [6.45, 7) is 12.2. The average Bonchev–Trinajstić information content (AvgIpc) is 2.04. The van der Waals surface area contributed by atoms with Crippen molar-refractivity contribution in [3.05, 3.63) is 12.7 Å². The molecule has 0 bridgehead atoms. The minimum atomic E-state index is 0.648. The van der Waals surface area contributed by atoms with Gasteiger partial charge < -0.3 is 4.90 Å². The van der Waals surface area contributed by atoms with Crippen LogP contribution in [0.2, 0.25) is 0 Å². The number of rotatable bonds is 3. The number of likely N-dealkylation sites (tertiary alicyclic amines) is 1. The molecule has 0 amide bonds. The van der Waals surface area contributed by atoms with Crippen molar-refractivity contribution in [1.29, 1.82) is 0 Å². The van der Waals surface area contributed by atoms with Crippen LogP contribution >= 0.6 is 0 Å². The first-order chi connectivity index (χ1) is 5.72. The van der Waals surface area contributed by atoms with Gasteiger partial charge in [-0.2, -0.15) is 0 Å². The topological polar surface area (TPSA) is 3.24 Å². The van der Waals surface area contributed by atoms with Crippen molar-refractivity contribution in [2.45, 2.75) is 26.7 Å². The maximum absolute atomic E-state index is 3.82. The summed E-state index contributed by atoms with van der Waals surface area (Å²) in [4.78, 5) is 2.57. The zero-order chi connectivity index (χ0) is 8.97. The summed E-state index contributed by atoms with van der Waals surface area (Å²) in [5, 5.41) is 0. The SMILES string of the molecule is C=CC(C)CN1CCCC(C)C1. The molecular formula is C11H21N. The molecule has 1 aliphatic rings. The largest absolute Gasteiger partial charge is 0.302 e. The third-order valence-electron chi connectivity index (χ3n) is 2.69. The molecule has 1 rings (SSSR count). The minimum Gasteiger partial charge on any atom is -0.302 e. The quantitative estimate of drug-likeness (QED) is 0.584. The van der Waals surface area contributed by atoms with Crippen LogP contribution in [0.3, 0.4) is 0 Å². The van der Waals surface area contributed by atoms with Crippen LogP contribution in [0.1, 0.15) is 26.7 Å². The Labute approximate surface area is 76.5 Å². The Morgan fingerprint density at radius 2 is 2.42 bits per heavy atom. The first kappa shape index (κ1) is 9.79. The van der Waals surface area contributed by atoms with Gasteiger partial charge in [0, 0.05) is 13.1 Å². The van der Waals surface area contributed by atoms with Gasteiger partial charge >= 0.3 is 0 Å². The summed E-state index contributed by atoms with van der Waals surface area (Å²) in [6, 6.07) is 0. The number of piperidine rings is 1. The molecule has 70 valence electrons.